The van der Waals surface area contributed by atoms with Gasteiger partial charge in [0.2, 0.25) is 27.7 Å². The third-order valence-corrected chi connectivity index (χ3v) is 16.1. The molecule has 8 atom stereocenters. The number of carbonyl (C=O) groups excluding carboxylic acids is 4. The van der Waals surface area contributed by atoms with E-state index in [0.29, 0.717) is 49.6 Å². The molecule has 0 spiro atoms. The second-order valence-electron chi connectivity index (χ2n) is 19.8. The molecule has 17 heteroatoms. The van der Waals surface area contributed by atoms with E-state index < -0.39 is 73.6 Å². The number of nitrogens with zero attached hydrogens (tertiary/aromatic N) is 3. The van der Waals surface area contributed by atoms with Crippen LogP contribution in [0.4, 0.5) is 4.79 Å². The summed E-state index contributed by atoms with van der Waals surface area (Å²) in [6, 6.07) is 5.48. The Labute approximate surface area is 370 Å². The highest BCUT2D eigenvalue weighted by atomic mass is 32.2. The predicted molar refractivity (Wildman–Crippen MR) is 234 cm³/mol. The number of morpholine rings is 1. The number of fused-ring (bicyclic) bond motifs is 5. The first-order chi connectivity index (χ1) is 29.9. The molecule has 0 radical (unpaired) electrons. The molecule has 1 aromatic heterocycles. The van der Waals surface area contributed by atoms with Gasteiger partial charge < -0.3 is 34.5 Å². The monoisotopic (exact) mass is 892 g/mol. The first-order valence-corrected chi connectivity index (χ1v) is 24.3. The smallest absolute Gasteiger partial charge is 0.408 e. The Balaban J connectivity index is 1.13. The van der Waals surface area contributed by atoms with Gasteiger partial charge in [-0.1, -0.05) is 58.7 Å². The second-order valence-corrected chi connectivity index (χ2v) is 22.0. The van der Waals surface area contributed by atoms with Crippen molar-refractivity contribution in [3.8, 4) is 11.6 Å². The number of nitrogens with one attached hydrogen (secondary N) is 3. The lowest BCUT2D eigenvalue weighted by Crippen LogP contribution is -2.60. The lowest BCUT2D eigenvalue weighted by Gasteiger charge is -2.35. The zero-order valence-corrected chi connectivity index (χ0v) is 38.1. The Kier molecular flexibility index (Phi) is 12.5. The van der Waals surface area contributed by atoms with E-state index in [1.165, 1.54) is 11.0 Å². The third-order valence-electron chi connectivity index (χ3n) is 14.0. The van der Waals surface area contributed by atoms with Crippen LogP contribution in [0.25, 0.3) is 10.9 Å². The molecule has 5 fully saturated rings. The van der Waals surface area contributed by atoms with Crippen molar-refractivity contribution in [2.75, 3.05) is 39.4 Å². The zero-order chi connectivity index (χ0) is 44.9. The van der Waals surface area contributed by atoms with E-state index in [4.69, 9.17) is 23.9 Å². The van der Waals surface area contributed by atoms with E-state index in [2.05, 4.69) is 33.8 Å². The number of ether oxygens (including phenoxy) is 4. The summed E-state index contributed by atoms with van der Waals surface area (Å²) in [6.07, 6.45) is 5.62. The van der Waals surface area contributed by atoms with Crippen molar-refractivity contribution >= 4 is 44.7 Å². The highest BCUT2D eigenvalue weighted by molar-refractivity contribution is 7.91. The van der Waals surface area contributed by atoms with Crippen molar-refractivity contribution in [2.24, 2.45) is 17.3 Å². The van der Waals surface area contributed by atoms with Gasteiger partial charge in [-0.25, -0.2) is 18.2 Å². The van der Waals surface area contributed by atoms with Crippen molar-refractivity contribution in [1.82, 2.24) is 30.1 Å². The molecule has 3 saturated carbocycles. The van der Waals surface area contributed by atoms with Gasteiger partial charge in [0.1, 0.15) is 48.3 Å². The van der Waals surface area contributed by atoms with Gasteiger partial charge in [-0.15, -0.1) is 6.58 Å². The highest BCUT2D eigenvalue weighted by Crippen LogP contribution is 2.47. The van der Waals surface area contributed by atoms with Crippen molar-refractivity contribution in [3.05, 3.63) is 42.5 Å². The fourth-order valence-corrected chi connectivity index (χ4v) is 10.6. The van der Waals surface area contributed by atoms with Crippen LogP contribution in [0.5, 0.6) is 11.6 Å². The van der Waals surface area contributed by atoms with Crippen molar-refractivity contribution in [2.45, 2.75) is 140 Å². The van der Waals surface area contributed by atoms with Gasteiger partial charge >= 0.3 is 6.09 Å². The van der Waals surface area contributed by atoms with Crippen molar-refractivity contribution < 1.29 is 46.5 Å². The number of rotatable bonds is 10. The maximum atomic E-state index is 14.9. The number of alkyl carbamates (subject to hydrolysis) is 1. The van der Waals surface area contributed by atoms with Crippen LogP contribution in [-0.2, 0) is 40.3 Å². The molecule has 2 aromatic rings. The number of carbonyl (C=O) groups is 4. The molecule has 3 aliphatic heterocycles. The molecule has 1 unspecified atom stereocenters. The Hall–Kier alpha value is -4.48. The number of pyridine rings is 1. The molecule has 3 N–H and O–H groups in total. The standard InChI is InChI=1S/C46H64N6O10S/c1-7-29-24-46(29,42(55)50-63(57,58)45(6)18-19-45)49-39(53)35-23-30-26-52(35)41(54)38(44(3,4)5)48-43(56)62-36-22-28(36)14-10-9-11-16-33-37(60-27-31-25-51(8-2)20-21-59-31)32-15-12-13-17-34(32)47-40(33)61-30/h7,12-13,15,17,28-31,35-36,38H,1,8-11,14,16,18-27H2,2-6H3,(H,48,56)(H,49,53)(H,50,55)/t28-,29+,30-,31?,35+,36-,38-,46-/m1/s1. The van der Waals surface area contributed by atoms with Crippen LogP contribution in [-0.4, -0.2) is 127 Å². The first kappa shape index (κ1) is 45.1. The topological polar surface area (TPSA) is 195 Å². The zero-order valence-electron chi connectivity index (χ0n) is 37.3. The Bertz CT molecular complexity index is 2230. The maximum absolute atomic E-state index is 14.9. The van der Waals surface area contributed by atoms with E-state index in [0.717, 1.165) is 62.7 Å². The van der Waals surface area contributed by atoms with Gasteiger partial charge in [-0.05, 0) is 81.9 Å². The second kappa shape index (κ2) is 17.5. The number of likely N-dealkylation sites (N-methyl/N-ethyl adjacent to an activating group) is 1. The predicted octanol–water partition coefficient (Wildman–Crippen LogP) is 4.39. The van der Waals surface area contributed by atoms with Gasteiger partial charge in [-0.3, -0.25) is 24.0 Å². The van der Waals surface area contributed by atoms with Crippen LogP contribution in [0.2, 0.25) is 0 Å². The van der Waals surface area contributed by atoms with E-state index >= 15 is 0 Å². The molecule has 2 bridgehead atoms. The summed E-state index contributed by atoms with van der Waals surface area (Å²) >= 11 is 0. The normalized spacial score (nSPS) is 31.1. The molecule has 2 saturated heterocycles. The number of aromatic nitrogens is 1. The molecule has 8 rings (SSSR count). The van der Waals surface area contributed by atoms with Gasteiger partial charge in [0, 0.05) is 30.8 Å². The Morgan fingerprint density at radius 1 is 1.10 bits per heavy atom. The molecule has 63 heavy (non-hydrogen) atoms. The van der Waals surface area contributed by atoms with E-state index in [-0.39, 0.29) is 37.5 Å². The molecule has 1 aromatic carbocycles. The summed E-state index contributed by atoms with van der Waals surface area (Å²) < 4.78 is 53.1. The summed E-state index contributed by atoms with van der Waals surface area (Å²) in [5.74, 6) is -1.32. The summed E-state index contributed by atoms with van der Waals surface area (Å²) in [5, 5.41) is 6.54. The molecule has 4 heterocycles. The average molecular weight is 893 g/mol. The quantitative estimate of drug-likeness (QED) is 0.286. The third kappa shape index (κ3) is 9.51. The van der Waals surface area contributed by atoms with Crippen LogP contribution in [0, 0.1) is 17.3 Å². The van der Waals surface area contributed by atoms with Crippen molar-refractivity contribution in [1.29, 1.82) is 0 Å². The summed E-state index contributed by atoms with van der Waals surface area (Å²) in [4.78, 5) is 65.6. The van der Waals surface area contributed by atoms with E-state index in [9.17, 15) is 27.6 Å². The fraction of sp³-hybridized carbons (Fsp3) is 0.674. The summed E-state index contributed by atoms with van der Waals surface area (Å²) in [5.41, 5.74) is -0.937. The Morgan fingerprint density at radius 2 is 1.87 bits per heavy atom. The molecular formula is C46H64N6O10S. The van der Waals surface area contributed by atoms with Crippen molar-refractivity contribution in [3.63, 3.8) is 0 Å². The number of para-hydroxylation sites is 1. The molecule has 3 aliphatic carbocycles. The lowest BCUT2D eigenvalue weighted by atomic mass is 9.85. The van der Waals surface area contributed by atoms with E-state index in [1.807, 2.05) is 45.0 Å². The van der Waals surface area contributed by atoms with Gasteiger partial charge in [0.15, 0.2) is 0 Å². The first-order valence-electron chi connectivity index (χ1n) is 22.8. The SMILES string of the molecule is C=C[C@H]1C[C@]1(NC(=O)[C@@H]1C[C@@H]2CN1C(=O)[C@H](C(C)(C)C)NC(=O)O[C@@H]1C[C@H]1CCCCCc1c(nc3ccccc3c1OCC1CN(CC)CCO1)O2)C(=O)NS(=O)(=O)C1(C)CC1. The van der Waals surface area contributed by atoms with Crippen LogP contribution in [0.3, 0.4) is 0 Å². The minimum atomic E-state index is -4.02. The van der Waals surface area contributed by atoms with Crippen LogP contribution in [0.15, 0.2) is 36.9 Å². The number of amides is 4. The average Bonchev–Trinajstić information content (AvgIpc) is 4.21. The minimum absolute atomic E-state index is 0.0162. The minimum Gasteiger partial charge on any atom is -0.490 e. The summed E-state index contributed by atoms with van der Waals surface area (Å²) in [6.45, 7) is 16.5. The molecule has 344 valence electrons. The lowest BCUT2D eigenvalue weighted by molar-refractivity contribution is -0.142. The Morgan fingerprint density at radius 3 is 2.59 bits per heavy atom. The molecule has 4 amide bonds. The van der Waals surface area contributed by atoms with Crippen LogP contribution < -0.4 is 24.8 Å². The number of hydrogen-bond acceptors (Lipinski definition) is 12. The van der Waals surface area contributed by atoms with Crippen LogP contribution in [0.1, 0.15) is 98.0 Å². The maximum Gasteiger partial charge on any atom is 0.408 e. The molecule has 16 nitrogen and oxygen atoms in total. The van der Waals surface area contributed by atoms with Gasteiger partial charge in [-0.2, -0.15) is 0 Å². The number of hydrogen-bond donors (Lipinski definition) is 3. The molecular weight excluding hydrogens is 829 g/mol. The van der Waals surface area contributed by atoms with Gasteiger partial charge in [0.05, 0.1) is 29.0 Å². The fourth-order valence-electron chi connectivity index (χ4n) is 9.34. The molecule has 6 aliphatic rings. The summed E-state index contributed by atoms with van der Waals surface area (Å²) in [7, 11) is -4.02. The van der Waals surface area contributed by atoms with E-state index in [1.54, 1.807) is 6.92 Å². The van der Waals surface area contributed by atoms with Gasteiger partial charge in [0.25, 0.3) is 5.91 Å². The van der Waals surface area contributed by atoms with Crippen LogP contribution >= 0.6 is 0 Å². The highest BCUT2D eigenvalue weighted by Gasteiger charge is 2.63. The largest absolute Gasteiger partial charge is 0.490 e. The number of sulfonamides is 1. The number of benzene rings is 1.